The number of hydrogen-bond donors (Lipinski definition) is 0. The van der Waals surface area contributed by atoms with Crippen molar-refractivity contribution in [2.45, 2.75) is 36.4 Å². The molecule has 0 N–H and O–H groups in total. The molecular weight excluding hydrogens is 442 g/mol. The molecule has 154 valence electrons. The van der Waals surface area contributed by atoms with Crippen LogP contribution in [0.3, 0.4) is 0 Å². The van der Waals surface area contributed by atoms with Crippen LogP contribution in [-0.4, -0.2) is 37.6 Å². The molecule has 1 aliphatic rings. The van der Waals surface area contributed by atoms with E-state index >= 15 is 0 Å². The minimum atomic E-state index is 0.193. The monoisotopic (exact) mass is 459 g/mol. The van der Waals surface area contributed by atoms with Crippen LogP contribution in [0.4, 0.5) is 0 Å². The summed E-state index contributed by atoms with van der Waals surface area (Å²) < 4.78 is 13.4. The molecule has 0 bridgehead atoms. The zero-order valence-corrected chi connectivity index (χ0v) is 18.3. The largest absolute Gasteiger partial charge is 0.376 e. The third-order valence-corrected chi connectivity index (χ3v) is 6.80. The molecule has 1 unspecified atom stereocenters. The topological polar surface area (TPSA) is 78.9 Å². The quantitative estimate of drug-likeness (QED) is 0.352. The molecular formula is C20H18ClN5O2S2. The Morgan fingerprint density at radius 2 is 2.20 bits per heavy atom. The molecule has 3 aromatic heterocycles. The van der Waals surface area contributed by atoms with Crippen molar-refractivity contribution in [3.8, 4) is 22.2 Å². The van der Waals surface area contributed by atoms with Crippen LogP contribution in [0.25, 0.3) is 22.2 Å². The lowest BCUT2D eigenvalue weighted by atomic mass is 10.2. The molecule has 5 rings (SSSR count). The SMILES string of the molecule is Clc1cccc(-c2nc(CSc3nnc(-c4cccs4)n3CC3CCCO3)no2)c1. The van der Waals surface area contributed by atoms with E-state index in [9.17, 15) is 0 Å². The normalized spacial score (nSPS) is 16.4. The average Bonchev–Trinajstić information content (AvgIpc) is 3.54. The summed E-state index contributed by atoms with van der Waals surface area (Å²) in [6.07, 6.45) is 2.34. The minimum Gasteiger partial charge on any atom is -0.376 e. The van der Waals surface area contributed by atoms with E-state index < -0.39 is 0 Å². The van der Waals surface area contributed by atoms with Gasteiger partial charge in [0.25, 0.3) is 5.89 Å². The Hall–Kier alpha value is -2.20. The van der Waals surface area contributed by atoms with Crippen LogP contribution < -0.4 is 0 Å². The van der Waals surface area contributed by atoms with Crippen molar-refractivity contribution >= 4 is 34.7 Å². The van der Waals surface area contributed by atoms with Gasteiger partial charge in [-0.25, -0.2) is 0 Å². The molecule has 1 atom stereocenters. The van der Waals surface area contributed by atoms with E-state index in [1.807, 2.05) is 29.6 Å². The number of halogens is 1. The maximum absolute atomic E-state index is 6.05. The fourth-order valence-electron chi connectivity index (χ4n) is 3.32. The van der Waals surface area contributed by atoms with Gasteiger partial charge < -0.3 is 9.26 Å². The molecule has 4 aromatic rings. The molecule has 4 heterocycles. The maximum Gasteiger partial charge on any atom is 0.258 e. The second-order valence-corrected chi connectivity index (χ2v) is 9.17. The number of aromatic nitrogens is 5. The number of nitrogens with zero attached hydrogens (tertiary/aromatic N) is 5. The molecule has 1 fully saturated rings. The zero-order valence-electron chi connectivity index (χ0n) is 15.9. The first-order chi connectivity index (χ1) is 14.8. The maximum atomic E-state index is 6.05. The highest BCUT2D eigenvalue weighted by Crippen LogP contribution is 2.30. The summed E-state index contributed by atoms with van der Waals surface area (Å²) in [5.41, 5.74) is 0.799. The summed E-state index contributed by atoms with van der Waals surface area (Å²) in [4.78, 5) is 5.58. The first-order valence-corrected chi connectivity index (χ1v) is 11.8. The van der Waals surface area contributed by atoms with Crippen molar-refractivity contribution in [2.24, 2.45) is 0 Å². The van der Waals surface area contributed by atoms with Gasteiger partial charge in [0.15, 0.2) is 16.8 Å². The van der Waals surface area contributed by atoms with Gasteiger partial charge >= 0.3 is 0 Å². The summed E-state index contributed by atoms with van der Waals surface area (Å²) in [5.74, 6) is 2.45. The van der Waals surface area contributed by atoms with Crippen LogP contribution >= 0.6 is 34.7 Å². The Labute approximate surface area is 186 Å². The van der Waals surface area contributed by atoms with Crippen molar-refractivity contribution in [2.75, 3.05) is 6.61 Å². The van der Waals surface area contributed by atoms with Gasteiger partial charge in [-0.2, -0.15) is 4.98 Å². The molecule has 0 amide bonds. The van der Waals surface area contributed by atoms with Crippen LogP contribution in [0.15, 0.2) is 51.5 Å². The molecule has 1 aromatic carbocycles. The summed E-state index contributed by atoms with van der Waals surface area (Å²) in [7, 11) is 0. The van der Waals surface area contributed by atoms with Gasteiger partial charge in [-0.05, 0) is 42.5 Å². The van der Waals surface area contributed by atoms with Crippen molar-refractivity contribution in [3.05, 3.63) is 52.6 Å². The smallest absolute Gasteiger partial charge is 0.258 e. The Kier molecular flexibility index (Phi) is 5.85. The van der Waals surface area contributed by atoms with Crippen LogP contribution in [0.1, 0.15) is 18.7 Å². The molecule has 30 heavy (non-hydrogen) atoms. The van der Waals surface area contributed by atoms with Gasteiger partial charge in [0.1, 0.15) is 0 Å². The first-order valence-electron chi connectivity index (χ1n) is 9.56. The molecule has 7 nitrogen and oxygen atoms in total. The Morgan fingerprint density at radius 3 is 3.00 bits per heavy atom. The lowest BCUT2D eigenvalue weighted by Gasteiger charge is -2.13. The zero-order chi connectivity index (χ0) is 20.3. The number of ether oxygens (including phenoxy) is 1. The first kappa shape index (κ1) is 19.7. The van der Waals surface area contributed by atoms with E-state index in [1.165, 1.54) is 0 Å². The van der Waals surface area contributed by atoms with Gasteiger partial charge in [-0.3, -0.25) is 4.57 Å². The highest BCUT2D eigenvalue weighted by molar-refractivity contribution is 7.98. The van der Waals surface area contributed by atoms with Crippen molar-refractivity contribution in [3.63, 3.8) is 0 Å². The average molecular weight is 460 g/mol. The number of benzene rings is 1. The molecule has 0 aliphatic carbocycles. The minimum absolute atomic E-state index is 0.193. The standard InChI is InChI=1S/C20H18ClN5O2S2/c21-14-5-1-4-13(10-14)19-22-17(25-28-19)12-30-20-24-23-18(16-7-3-9-29-16)26(20)11-15-6-2-8-27-15/h1,3-5,7,9-10,15H,2,6,8,11-12H2. The van der Waals surface area contributed by atoms with Gasteiger partial charge in [0, 0.05) is 17.2 Å². The lowest BCUT2D eigenvalue weighted by Crippen LogP contribution is -2.16. The highest BCUT2D eigenvalue weighted by Gasteiger charge is 2.22. The molecule has 1 aliphatic heterocycles. The number of thiophene rings is 1. The third-order valence-electron chi connectivity index (χ3n) is 4.74. The molecule has 0 radical (unpaired) electrons. The number of thioether (sulfide) groups is 1. The van der Waals surface area contributed by atoms with E-state index in [0.717, 1.165) is 47.4 Å². The van der Waals surface area contributed by atoms with Crippen molar-refractivity contribution in [1.82, 2.24) is 24.9 Å². The molecule has 1 saturated heterocycles. The molecule has 0 spiro atoms. The summed E-state index contributed by atoms with van der Waals surface area (Å²) in [6.45, 7) is 1.56. The second-order valence-electron chi connectivity index (χ2n) is 6.84. The van der Waals surface area contributed by atoms with Gasteiger partial charge in [-0.1, -0.05) is 40.7 Å². The fourth-order valence-corrected chi connectivity index (χ4v) is 5.02. The summed E-state index contributed by atoms with van der Waals surface area (Å²) >= 11 is 9.25. The van der Waals surface area contributed by atoms with Crippen LogP contribution in [0.5, 0.6) is 0 Å². The van der Waals surface area contributed by atoms with E-state index in [1.54, 1.807) is 29.2 Å². The Morgan fingerprint density at radius 1 is 1.23 bits per heavy atom. The third kappa shape index (κ3) is 4.29. The second kappa shape index (κ2) is 8.89. The molecule has 0 saturated carbocycles. The fraction of sp³-hybridized carbons (Fsp3) is 0.300. The van der Waals surface area contributed by atoms with E-state index in [2.05, 4.69) is 31.0 Å². The van der Waals surface area contributed by atoms with Crippen molar-refractivity contribution < 1.29 is 9.26 Å². The number of hydrogen-bond acceptors (Lipinski definition) is 8. The van der Waals surface area contributed by atoms with Crippen molar-refractivity contribution in [1.29, 1.82) is 0 Å². The number of rotatable bonds is 7. The summed E-state index contributed by atoms with van der Waals surface area (Å²) in [6, 6.07) is 11.4. The van der Waals surface area contributed by atoms with E-state index in [-0.39, 0.29) is 6.10 Å². The van der Waals surface area contributed by atoms with Gasteiger partial charge in [0.2, 0.25) is 0 Å². The van der Waals surface area contributed by atoms with Crippen LogP contribution in [-0.2, 0) is 17.0 Å². The molecule has 10 heteroatoms. The lowest BCUT2D eigenvalue weighted by molar-refractivity contribution is 0.0953. The Balaban J connectivity index is 1.35. The predicted octanol–water partition coefficient (Wildman–Crippen LogP) is 5.18. The Bertz CT molecular complexity index is 1120. The van der Waals surface area contributed by atoms with E-state index in [0.29, 0.717) is 22.5 Å². The van der Waals surface area contributed by atoms with E-state index in [4.69, 9.17) is 20.9 Å². The van der Waals surface area contributed by atoms with Crippen LogP contribution in [0, 0.1) is 0 Å². The summed E-state index contributed by atoms with van der Waals surface area (Å²) in [5, 5.41) is 16.5. The van der Waals surface area contributed by atoms with Crippen LogP contribution in [0.2, 0.25) is 5.02 Å². The van der Waals surface area contributed by atoms with Gasteiger partial charge in [-0.15, -0.1) is 21.5 Å². The van der Waals surface area contributed by atoms with Gasteiger partial charge in [0.05, 0.1) is 23.3 Å². The predicted molar refractivity (Wildman–Crippen MR) is 117 cm³/mol. The highest BCUT2D eigenvalue weighted by atomic mass is 35.5.